The molecule has 29 heavy (non-hydrogen) atoms. The van der Waals surface area contributed by atoms with E-state index in [4.69, 9.17) is 4.74 Å². The molecule has 0 saturated heterocycles. The van der Waals surface area contributed by atoms with Gasteiger partial charge in [0.15, 0.2) is 6.61 Å². The number of carbonyl (C=O) groups excluding carboxylic acids is 2. The van der Waals surface area contributed by atoms with Crippen molar-refractivity contribution in [1.82, 2.24) is 10.2 Å². The van der Waals surface area contributed by atoms with E-state index >= 15 is 0 Å². The number of ether oxygens (including phenoxy) is 1. The molecule has 0 radical (unpaired) electrons. The minimum Gasteiger partial charge on any atom is -0.483 e. The SMILES string of the molecule is CCCNC(=O)C(C)N(Cc1cccc(C)c1)C(=O)COc1cccc(C)c1C. The van der Waals surface area contributed by atoms with Crippen molar-refractivity contribution in [2.75, 3.05) is 13.2 Å². The molecule has 2 amide bonds. The average Bonchev–Trinajstić information content (AvgIpc) is 2.70. The van der Waals surface area contributed by atoms with Gasteiger partial charge in [-0.25, -0.2) is 0 Å². The van der Waals surface area contributed by atoms with Crippen molar-refractivity contribution >= 4 is 11.8 Å². The van der Waals surface area contributed by atoms with Crippen LogP contribution >= 0.6 is 0 Å². The second kappa shape index (κ2) is 10.6. The van der Waals surface area contributed by atoms with Crippen LogP contribution in [-0.4, -0.2) is 35.9 Å². The number of aryl methyl sites for hydroxylation is 2. The van der Waals surface area contributed by atoms with E-state index in [9.17, 15) is 9.59 Å². The largest absolute Gasteiger partial charge is 0.483 e. The summed E-state index contributed by atoms with van der Waals surface area (Å²) < 4.78 is 5.81. The van der Waals surface area contributed by atoms with Gasteiger partial charge in [0.1, 0.15) is 11.8 Å². The highest BCUT2D eigenvalue weighted by Gasteiger charge is 2.26. The lowest BCUT2D eigenvalue weighted by Gasteiger charge is -2.29. The number of benzene rings is 2. The van der Waals surface area contributed by atoms with E-state index in [1.807, 2.05) is 70.2 Å². The molecule has 156 valence electrons. The van der Waals surface area contributed by atoms with Crippen molar-refractivity contribution in [3.63, 3.8) is 0 Å². The van der Waals surface area contributed by atoms with Crippen LogP contribution in [0.5, 0.6) is 5.75 Å². The first-order chi connectivity index (χ1) is 13.8. The van der Waals surface area contributed by atoms with Crippen LogP contribution < -0.4 is 10.1 Å². The van der Waals surface area contributed by atoms with E-state index in [1.54, 1.807) is 11.8 Å². The highest BCUT2D eigenvalue weighted by molar-refractivity contribution is 5.88. The Balaban J connectivity index is 2.17. The summed E-state index contributed by atoms with van der Waals surface area (Å²) in [5.41, 5.74) is 4.22. The lowest BCUT2D eigenvalue weighted by Crippen LogP contribution is -2.49. The maximum absolute atomic E-state index is 13.0. The molecule has 0 heterocycles. The summed E-state index contributed by atoms with van der Waals surface area (Å²) >= 11 is 0. The Morgan fingerprint density at radius 2 is 1.83 bits per heavy atom. The highest BCUT2D eigenvalue weighted by atomic mass is 16.5. The molecule has 5 heteroatoms. The summed E-state index contributed by atoms with van der Waals surface area (Å²) in [5, 5.41) is 2.88. The van der Waals surface area contributed by atoms with Gasteiger partial charge >= 0.3 is 0 Å². The van der Waals surface area contributed by atoms with Crippen LogP contribution in [0.15, 0.2) is 42.5 Å². The minimum atomic E-state index is -0.586. The summed E-state index contributed by atoms with van der Waals surface area (Å²) in [6.07, 6.45) is 0.847. The quantitative estimate of drug-likeness (QED) is 0.699. The van der Waals surface area contributed by atoms with Crippen molar-refractivity contribution in [3.8, 4) is 5.75 Å². The van der Waals surface area contributed by atoms with Gasteiger partial charge in [-0.3, -0.25) is 9.59 Å². The van der Waals surface area contributed by atoms with Crippen molar-refractivity contribution in [2.45, 2.75) is 53.6 Å². The first kappa shape index (κ1) is 22.5. The molecule has 0 saturated carbocycles. The molecule has 1 atom stereocenters. The summed E-state index contributed by atoms with van der Waals surface area (Å²) in [4.78, 5) is 27.2. The molecule has 1 unspecified atom stereocenters. The lowest BCUT2D eigenvalue weighted by atomic mass is 10.1. The Labute approximate surface area is 174 Å². The van der Waals surface area contributed by atoms with Crippen molar-refractivity contribution < 1.29 is 14.3 Å². The third-order valence-corrected chi connectivity index (χ3v) is 5.06. The molecule has 0 fully saturated rings. The van der Waals surface area contributed by atoms with E-state index < -0.39 is 6.04 Å². The Hall–Kier alpha value is -2.82. The molecule has 5 nitrogen and oxygen atoms in total. The van der Waals surface area contributed by atoms with Gasteiger partial charge in [0, 0.05) is 13.1 Å². The highest BCUT2D eigenvalue weighted by Crippen LogP contribution is 2.21. The van der Waals surface area contributed by atoms with E-state index in [0.717, 1.165) is 28.7 Å². The molecular weight excluding hydrogens is 364 g/mol. The first-order valence-corrected chi connectivity index (χ1v) is 10.1. The number of carbonyl (C=O) groups is 2. The number of rotatable bonds is 9. The van der Waals surface area contributed by atoms with Gasteiger partial charge < -0.3 is 15.0 Å². The Kier molecular flexibility index (Phi) is 8.25. The minimum absolute atomic E-state index is 0.110. The van der Waals surface area contributed by atoms with Crippen LogP contribution in [0.1, 0.15) is 42.5 Å². The molecule has 0 aliphatic rings. The topological polar surface area (TPSA) is 58.6 Å². The van der Waals surface area contributed by atoms with Crippen molar-refractivity contribution in [1.29, 1.82) is 0 Å². The summed E-state index contributed by atoms with van der Waals surface area (Å²) in [5.74, 6) is 0.322. The summed E-state index contributed by atoms with van der Waals surface area (Å²) in [6.45, 7) is 10.6. The van der Waals surface area contributed by atoms with Gasteiger partial charge in [0.05, 0.1) is 0 Å². The van der Waals surface area contributed by atoms with Gasteiger partial charge in [0.2, 0.25) is 5.91 Å². The maximum Gasteiger partial charge on any atom is 0.261 e. The van der Waals surface area contributed by atoms with E-state index in [0.29, 0.717) is 18.8 Å². The fourth-order valence-corrected chi connectivity index (χ4v) is 3.09. The van der Waals surface area contributed by atoms with E-state index in [1.165, 1.54) is 0 Å². The third-order valence-electron chi connectivity index (χ3n) is 5.06. The summed E-state index contributed by atoms with van der Waals surface area (Å²) in [7, 11) is 0. The number of hydrogen-bond donors (Lipinski definition) is 1. The molecule has 0 aliphatic carbocycles. The molecule has 0 aliphatic heterocycles. The summed E-state index contributed by atoms with van der Waals surface area (Å²) in [6, 6.07) is 13.2. The molecule has 2 aromatic carbocycles. The standard InChI is InChI=1S/C24H32N2O3/c1-6-13-25-24(28)20(5)26(15-21-11-7-9-17(2)14-21)23(27)16-29-22-12-8-10-18(3)19(22)4/h7-12,14,20H,6,13,15-16H2,1-5H3,(H,25,28). The van der Waals surface area contributed by atoms with Crippen molar-refractivity contribution in [2.24, 2.45) is 0 Å². The predicted molar refractivity (Wildman–Crippen MR) is 116 cm³/mol. The number of hydrogen-bond acceptors (Lipinski definition) is 3. The zero-order chi connectivity index (χ0) is 21.4. The first-order valence-electron chi connectivity index (χ1n) is 10.1. The fraction of sp³-hybridized carbons (Fsp3) is 0.417. The number of nitrogens with zero attached hydrogens (tertiary/aromatic N) is 1. The normalized spacial score (nSPS) is 11.6. The van der Waals surface area contributed by atoms with Gasteiger partial charge in [-0.05, 0) is 56.9 Å². The smallest absolute Gasteiger partial charge is 0.261 e. The van der Waals surface area contributed by atoms with Gasteiger partial charge in [-0.15, -0.1) is 0 Å². The van der Waals surface area contributed by atoms with E-state index in [-0.39, 0.29) is 18.4 Å². The zero-order valence-corrected chi connectivity index (χ0v) is 18.1. The van der Waals surface area contributed by atoms with Crippen LogP contribution in [0.4, 0.5) is 0 Å². The number of nitrogens with one attached hydrogen (secondary N) is 1. The molecule has 1 N–H and O–H groups in total. The maximum atomic E-state index is 13.0. The zero-order valence-electron chi connectivity index (χ0n) is 18.1. The molecule has 0 aromatic heterocycles. The van der Waals surface area contributed by atoms with Crippen LogP contribution in [0.2, 0.25) is 0 Å². The Morgan fingerprint density at radius 3 is 2.52 bits per heavy atom. The van der Waals surface area contributed by atoms with Gasteiger partial charge in [-0.2, -0.15) is 0 Å². The van der Waals surface area contributed by atoms with Gasteiger partial charge in [0.25, 0.3) is 5.91 Å². The monoisotopic (exact) mass is 396 g/mol. The van der Waals surface area contributed by atoms with Crippen LogP contribution in [-0.2, 0) is 16.1 Å². The van der Waals surface area contributed by atoms with Crippen molar-refractivity contribution in [3.05, 3.63) is 64.7 Å². The Bertz CT molecular complexity index is 848. The van der Waals surface area contributed by atoms with Crippen LogP contribution in [0, 0.1) is 20.8 Å². The molecule has 0 bridgehead atoms. The fourth-order valence-electron chi connectivity index (χ4n) is 3.09. The van der Waals surface area contributed by atoms with Crippen LogP contribution in [0.25, 0.3) is 0 Å². The predicted octanol–water partition coefficient (Wildman–Crippen LogP) is 3.93. The van der Waals surface area contributed by atoms with Crippen LogP contribution in [0.3, 0.4) is 0 Å². The van der Waals surface area contributed by atoms with Gasteiger partial charge in [-0.1, -0.05) is 48.9 Å². The second-order valence-electron chi connectivity index (χ2n) is 7.46. The third kappa shape index (κ3) is 6.34. The Morgan fingerprint density at radius 1 is 1.10 bits per heavy atom. The van der Waals surface area contributed by atoms with E-state index in [2.05, 4.69) is 5.32 Å². The molecule has 2 aromatic rings. The lowest BCUT2D eigenvalue weighted by molar-refractivity contribution is -0.142. The average molecular weight is 397 g/mol. The number of amides is 2. The second-order valence-corrected chi connectivity index (χ2v) is 7.46. The molecular formula is C24H32N2O3. The molecule has 0 spiro atoms. The molecule has 2 rings (SSSR count).